The van der Waals surface area contributed by atoms with Crippen LogP contribution >= 0.6 is 0 Å². The van der Waals surface area contributed by atoms with Gasteiger partial charge in [0.05, 0.1) is 6.10 Å². The van der Waals surface area contributed by atoms with Gasteiger partial charge in [0.2, 0.25) is 0 Å². The van der Waals surface area contributed by atoms with Crippen molar-refractivity contribution < 1.29 is 9.53 Å². The highest BCUT2D eigenvalue weighted by molar-refractivity contribution is 5.58. The summed E-state index contributed by atoms with van der Waals surface area (Å²) >= 11 is 0. The molecule has 3 nitrogen and oxygen atoms in total. The van der Waals surface area contributed by atoms with E-state index in [-0.39, 0.29) is 5.41 Å². The molecule has 0 N–H and O–H groups in total. The molecule has 1 aliphatic rings. The third-order valence-corrected chi connectivity index (χ3v) is 2.88. The summed E-state index contributed by atoms with van der Waals surface area (Å²) in [5.41, 5.74) is -0.241. The van der Waals surface area contributed by atoms with E-state index in [4.69, 9.17) is 4.74 Å². The second-order valence-electron chi connectivity index (χ2n) is 5.07. The Morgan fingerprint density at radius 1 is 1.53 bits per heavy atom. The second-order valence-corrected chi connectivity index (χ2v) is 5.07. The van der Waals surface area contributed by atoms with Gasteiger partial charge >= 0.3 is 0 Å². The number of hydrogen-bond acceptors (Lipinski definition) is 3. The van der Waals surface area contributed by atoms with Crippen molar-refractivity contribution in [3.8, 4) is 0 Å². The largest absolute Gasteiger partial charge is 0.377 e. The molecule has 1 heterocycles. The Morgan fingerprint density at radius 2 is 2.27 bits per heavy atom. The standard InChI is InChI=1S/C12H23NO2/c1-4-13(9-12(2,3)10-14)8-11-6-5-7-15-11/h10-11H,4-9H2,1-3H3. The monoisotopic (exact) mass is 213 g/mol. The van der Waals surface area contributed by atoms with Crippen molar-refractivity contribution >= 4 is 6.29 Å². The predicted octanol–water partition coefficient (Wildman–Crippen LogP) is 1.71. The van der Waals surface area contributed by atoms with E-state index in [0.717, 1.165) is 38.9 Å². The predicted molar refractivity (Wildman–Crippen MR) is 60.9 cm³/mol. The first-order valence-corrected chi connectivity index (χ1v) is 5.87. The van der Waals surface area contributed by atoms with Gasteiger partial charge in [0.15, 0.2) is 0 Å². The molecule has 1 atom stereocenters. The van der Waals surface area contributed by atoms with E-state index in [1.807, 2.05) is 13.8 Å². The molecule has 0 amide bonds. The smallest absolute Gasteiger partial charge is 0.126 e. The van der Waals surface area contributed by atoms with Gasteiger partial charge in [-0.25, -0.2) is 0 Å². The number of nitrogens with zero attached hydrogens (tertiary/aromatic N) is 1. The molecule has 0 radical (unpaired) electrons. The quantitative estimate of drug-likeness (QED) is 0.629. The Morgan fingerprint density at radius 3 is 2.73 bits per heavy atom. The van der Waals surface area contributed by atoms with Crippen LogP contribution in [0, 0.1) is 5.41 Å². The molecule has 1 unspecified atom stereocenters. The zero-order valence-electron chi connectivity index (χ0n) is 10.2. The van der Waals surface area contributed by atoms with Crippen molar-refractivity contribution in [1.29, 1.82) is 0 Å². The van der Waals surface area contributed by atoms with Crippen LogP contribution in [0.25, 0.3) is 0 Å². The molecular formula is C12H23NO2. The van der Waals surface area contributed by atoms with Gasteiger partial charge in [-0.05, 0) is 19.4 Å². The molecule has 1 rings (SSSR count). The summed E-state index contributed by atoms with van der Waals surface area (Å²) in [6.07, 6.45) is 3.77. The lowest BCUT2D eigenvalue weighted by molar-refractivity contribution is -0.115. The summed E-state index contributed by atoms with van der Waals surface area (Å²) in [6, 6.07) is 0. The van der Waals surface area contributed by atoms with Crippen LogP contribution in [-0.2, 0) is 9.53 Å². The molecule has 3 heteroatoms. The van der Waals surface area contributed by atoms with E-state index in [2.05, 4.69) is 11.8 Å². The molecule has 0 spiro atoms. The molecule has 0 saturated carbocycles. The topological polar surface area (TPSA) is 29.5 Å². The maximum atomic E-state index is 10.9. The van der Waals surface area contributed by atoms with Crippen LogP contribution in [0.4, 0.5) is 0 Å². The molecule has 1 aliphatic heterocycles. The third kappa shape index (κ3) is 4.31. The van der Waals surface area contributed by atoms with Crippen LogP contribution in [0.15, 0.2) is 0 Å². The van der Waals surface area contributed by atoms with Crippen molar-refractivity contribution in [2.24, 2.45) is 5.41 Å². The Kier molecular flexibility index (Phi) is 4.74. The highest BCUT2D eigenvalue weighted by atomic mass is 16.5. The highest BCUT2D eigenvalue weighted by Gasteiger charge is 2.24. The molecule has 1 fully saturated rings. The number of hydrogen-bond donors (Lipinski definition) is 0. The minimum absolute atomic E-state index is 0.241. The fourth-order valence-electron chi connectivity index (χ4n) is 2.00. The summed E-state index contributed by atoms with van der Waals surface area (Å²) in [7, 11) is 0. The van der Waals surface area contributed by atoms with Crippen LogP contribution in [-0.4, -0.2) is 43.5 Å². The van der Waals surface area contributed by atoms with Gasteiger partial charge < -0.3 is 14.4 Å². The average molecular weight is 213 g/mol. The fraction of sp³-hybridized carbons (Fsp3) is 0.917. The first-order valence-electron chi connectivity index (χ1n) is 5.87. The van der Waals surface area contributed by atoms with Crippen LogP contribution < -0.4 is 0 Å². The van der Waals surface area contributed by atoms with Crippen molar-refractivity contribution in [3.63, 3.8) is 0 Å². The minimum atomic E-state index is -0.241. The van der Waals surface area contributed by atoms with Crippen LogP contribution in [0.1, 0.15) is 33.6 Å². The van der Waals surface area contributed by atoms with E-state index in [9.17, 15) is 4.79 Å². The number of likely N-dealkylation sites (N-methyl/N-ethyl adjacent to an activating group) is 1. The van der Waals surface area contributed by atoms with Crippen molar-refractivity contribution in [3.05, 3.63) is 0 Å². The first kappa shape index (κ1) is 12.7. The van der Waals surface area contributed by atoms with Gasteiger partial charge in [0.25, 0.3) is 0 Å². The lowest BCUT2D eigenvalue weighted by Gasteiger charge is -2.29. The molecular weight excluding hydrogens is 190 g/mol. The normalized spacial score (nSPS) is 22.3. The zero-order valence-corrected chi connectivity index (χ0v) is 10.2. The number of aldehydes is 1. The second kappa shape index (κ2) is 5.61. The average Bonchev–Trinajstić information content (AvgIpc) is 2.69. The Balaban J connectivity index is 2.37. The molecule has 0 aromatic rings. The fourth-order valence-corrected chi connectivity index (χ4v) is 2.00. The molecule has 0 aromatic carbocycles. The Hall–Kier alpha value is -0.410. The van der Waals surface area contributed by atoms with Gasteiger partial charge in [0.1, 0.15) is 6.29 Å². The highest BCUT2D eigenvalue weighted by Crippen LogP contribution is 2.17. The van der Waals surface area contributed by atoms with Gasteiger partial charge in [-0.1, -0.05) is 20.8 Å². The maximum absolute atomic E-state index is 10.9. The van der Waals surface area contributed by atoms with Crippen LogP contribution in [0.3, 0.4) is 0 Å². The summed E-state index contributed by atoms with van der Waals surface area (Å²) in [5.74, 6) is 0. The molecule has 88 valence electrons. The number of carbonyl (C=O) groups is 1. The van der Waals surface area contributed by atoms with Gasteiger partial charge in [0, 0.05) is 25.1 Å². The van der Waals surface area contributed by atoms with Crippen LogP contribution in [0.5, 0.6) is 0 Å². The summed E-state index contributed by atoms with van der Waals surface area (Å²) < 4.78 is 5.60. The third-order valence-electron chi connectivity index (χ3n) is 2.88. The first-order chi connectivity index (χ1) is 7.07. The minimum Gasteiger partial charge on any atom is -0.377 e. The number of ether oxygens (including phenoxy) is 1. The van der Waals surface area contributed by atoms with E-state index < -0.39 is 0 Å². The van der Waals surface area contributed by atoms with Gasteiger partial charge in [-0.2, -0.15) is 0 Å². The molecule has 0 aromatic heterocycles. The van der Waals surface area contributed by atoms with E-state index in [0.29, 0.717) is 6.10 Å². The van der Waals surface area contributed by atoms with E-state index in [1.54, 1.807) is 0 Å². The molecule has 0 aliphatic carbocycles. The Labute approximate surface area is 92.8 Å². The van der Waals surface area contributed by atoms with Crippen molar-refractivity contribution in [1.82, 2.24) is 4.90 Å². The molecule has 1 saturated heterocycles. The van der Waals surface area contributed by atoms with Gasteiger partial charge in [-0.15, -0.1) is 0 Å². The summed E-state index contributed by atoms with van der Waals surface area (Å²) in [4.78, 5) is 13.2. The van der Waals surface area contributed by atoms with E-state index >= 15 is 0 Å². The maximum Gasteiger partial charge on any atom is 0.126 e. The summed E-state index contributed by atoms with van der Waals surface area (Å²) in [5, 5.41) is 0. The molecule has 15 heavy (non-hydrogen) atoms. The van der Waals surface area contributed by atoms with Crippen molar-refractivity contribution in [2.45, 2.75) is 39.7 Å². The van der Waals surface area contributed by atoms with Crippen molar-refractivity contribution in [2.75, 3.05) is 26.2 Å². The summed E-state index contributed by atoms with van der Waals surface area (Å²) in [6.45, 7) is 9.78. The number of carbonyl (C=O) groups excluding carboxylic acids is 1. The lowest BCUT2D eigenvalue weighted by Crippen LogP contribution is -2.39. The number of rotatable bonds is 6. The van der Waals surface area contributed by atoms with Gasteiger partial charge in [-0.3, -0.25) is 0 Å². The lowest BCUT2D eigenvalue weighted by atomic mass is 9.95. The van der Waals surface area contributed by atoms with E-state index in [1.165, 1.54) is 6.42 Å². The van der Waals surface area contributed by atoms with Crippen LogP contribution in [0.2, 0.25) is 0 Å². The SMILES string of the molecule is CCN(CC1CCCO1)CC(C)(C)C=O. The molecule has 0 bridgehead atoms. The zero-order chi connectivity index (χ0) is 11.3. The Bertz CT molecular complexity index is 198.